The molecule has 4 heteroatoms. The number of nitrogens with two attached hydrogens (primary N) is 2. The van der Waals surface area contributed by atoms with Crippen molar-refractivity contribution in [3.05, 3.63) is 12.2 Å². The van der Waals surface area contributed by atoms with Crippen LogP contribution in [0.15, 0.2) is 12.2 Å². The number of ether oxygens (including phenoxy) is 1. The molecule has 4 nitrogen and oxygen atoms in total. The summed E-state index contributed by atoms with van der Waals surface area (Å²) in [5.74, 6) is -0.537. The van der Waals surface area contributed by atoms with Crippen molar-refractivity contribution in [3.8, 4) is 0 Å². The van der Waals surface area contributed by atoms with E-state index in [9.17, 15) is 4.79 Å². The van der Waals surface area contributed by atoms with Crippen LogP contribution in [0.25, 0.3) is 0 Å². The molecule has 0 rings (SSSR count). The first-order valence-electron chi connectivity index (χ1n) is 3.81. The molecule has 0 fully saturated rings. The molecule has 1 atom stereocenters. The lowest BCUT2D eigenvalue weighted by Gasteiger charge is -2.07. The van der Waals surface area contributed by atoms with Crippen LogP contribution in [0, 0.1) is 0 Å². The van der Waals surface area contributed by atoms with Gasteiger partial charge in [0, 0.05) is 0 Å². The quantitative estimate of drug-likeness (QED) is 0.429. The topological polar surface area (TPSA) is 78.3 Å². The van der Waals surface area contributed by atoms with Crippen LogP contribution in [0.4, 0.5) is 0 Å². The van der Waals surface area contributed by atoms with Crippen molar-refractivity contribution in [2.45, 2.75) is 19.4 Å². The van der Waals surface area contributed by atoms with Gasteiger partial charge in [-0.3, -0.25) is 4.79 Å². The summed E-state index contributed by atoms with van der Waals surface area (Å²) < 4.78 is 5.08. The average Bonchev–Trinajstić information content (AvgIpc) is 1.97. The second-order valence-electron chi connectivity index (χ2n) is 2.79. The molecule has 12 heavy (non-hydrogen) atoms. The number of rotatable bonds is 6. The molecule has 0 radical (unpaired) electrons. The van der Waals surface area contributed by atoms with E-state index in [1.54, 1.807) is 0 Å². The second kappa shape index (κ2) is 5.74. The first kappa shape index (κ1) is 11.1. The van der Waals surface area contributed by atoms with Crippen molar-refractivity contribution < 1.29 is 9.53 Å². The Morgan fingerprint density at radius 3 is 2.67 bits per heavy atom. The van der Waals surface area contributed by atoms with Crippen LogP contribution < -0.4 is 11.5 Å². The molecule has 4 N–H and O–H groups in total. The summed E-state index contributed by atoms with van der Waals surface area (Å²) in [6.45, 7) is 6.34. The molecule has 0 aliphatic carbocycles. The summed E-state index contributed by atoms with van der Waals surface area (Å²) >= 11 is 0. The molecule has 0 aliphatic rings. The summed E-state index contributed by atoms with van der Waals surface area (Å²) in [5, 5.41) is 0. The second-order valence-corrected chi connectivity index (χ2v) is 2.79. The zero-order chi connectivity index (χ0) is 9.56. The molecule has 70 valence electrons. The maximum absolute atomic E-state index is 10.4. The summed E-state index contributed by atoms with van der Waals surface area (Å²) in [5.41, 5.74) is 11.3. The first-order valence-corrected chi connectivity index (χ1v) is 3.81. The SMILES string of the molecule is C=C(C)CCOCC(N)C(N)=O. The molecule has 0 aromatic carbocycles. The zero-order valence-electron chi connectivity index (χ0n) is 7.38. The highest BCUT2D eigenvalue weighted by Crippen LogP contribution is 1.95. The molecule has 0 heterocycles. The molecular weight excluding hydrogens is 156 g/mol. The standard InChI is InChI=1S/C8H16N2O2/c1-6(2)3-4-12-5-7(9)8(10)11/h7H,1,3-5,9H2,2H3,(H2,10,11). The van der Waals surface area contributed by atoms with E-state index in [4.69, 9.17) is 16.2 Å². The van der Waals surface area contributed by atoms with Gasteiger partial charge in [0.05, 0.1) is 13.2 Å². The summed E-state index contributed by atoms with van der Waals surface area (Å²) in [6, 6.07) is -0.699. The van der Waals surface area contributed by atoms with E-state index in [0.717, 1.165) is 12.0 Å². The van der Waals surface area contributed by atoms with Crippen molar-refractivity contribution in [1.29, 1.82) is 0 Å². The zero-order valence-corrected chi connectivity index (χ0v) is 7.38. The van der Waals surface area contributed by atoms with E-state index in [2.05, 4.69) is 6.58 Å². The van der Waals surface area contributed by atoms with E-state index in [0.29, 0.717) is 6.61 Å². The Morgan fingerprint density at radius 2 is 2.25 bits per heavy atom. The lowest BCUT2D eigenvalue weighted by atomic mass is 10.2. The number of carbonyl (C=O) groups excluding carboxylic acids is 1. The van der Waals surface area contributed by atoms with Crippen LogP contribution in [-0.4, -0.2) is 25.2 Å². The van der Waals surface area contributed by atoms with Gasteiger partial charge in [-0.1, -0.05) is 5.57 Å². The van der Waals surface area contributed by atoms with Gasteiger partial charge in [-0.05, 0) is 13.3 Å². The van der Waals surface area contributed by atoms with Crippen LogP contribution in [0.2, 0.25) is 0 Å². The van der Waals surface area contributed by atoms with E-state index in [1.807, 2.05) is 6.92 Å². The van der Waals surface area contributed by atoms with Crippen LogP contribution in [0.3, 0.4) is 0 Å². The Bertz CT molecular complexity index is 168. The van der Waals surface area contributed by atoms with Crippen LogP contribution in [0.1, 0.15) is 13.3 Å². The third-order valence-corrected chi connectivity index (χ3v) is 1.34. The molecule has 0 saturated carbocycles. The third-order valence-electron chi connectivity index (χ3n) is 1.34. The Kier molecular flexibility index (Phi) is 5.32. The van der Waals surface area contributed by atoms with Crippen LogP contribution >= 0.6 is 0 Å². The van der Waals surface area contributed by atoms with E-state index in [-0.39, 0.29) is 6.61 Å². The molecule has 0 bridgehead atoms. The maximum atomic E-state index is 10.4. The van der Waals surface area contributed by atoms with Gasteiger partial charge in [0.1, 0.15) is 6.04 Å². The summed E-state index contributed by atoms with van der Waals surface area (Å²) in [4.78, 5) is 10.4. The molecule has 0 saturated heterocycles. The van der Waals surface area contributed by atoms with Crippen molar-refractivity contribution in [3.63, 3.8) is 0 Å². The van der Waals surface area contributed by atoms with Crippen LogP contribution in [0.5, 0.6) is 0 Å². The predicted octanol–water partition coefficient (Wildman–Crippen LogP) is -0.218. The fraction of sp³-hybridized carbons (Fsp3) is 0.625. The molecule has 1 unspecified atom stereocenters. The molecule has 0 aliphatic heterocycles. The minimum absolute atomic E-state index is 0.183. The summed E-state index contributed by atoms with van der Waals surface area (Å²) in [6.07, 6.45) is 0.783. The normalized spacial score (nSPS) is 12.5. The van der Waals surface area contributed by atoms with E-state index >= 15 is 0 Å². The van der Waals surface area contributed by atoms with Gasteiger partial charge in [0.25, 0.3) is 0 Å². The van der Waals surface area contributed by atoms with Gasteiger partial charge in [-0.15, -0.1) is 6.58 Å². The molecular formula is C8H16N2O2. The highest BCUT2D eigenvalue weighted by molar-refractivity contribution is 5.79. The van der Waals surface area contributed by atoms with E-state index in [1.165, 1.54) is 0 Å². The van der Waals surface area contributed by atoms with Gasteiger partial charge in [-0.2, -0.15) is 0 Å². The lowest BCUT2D eigenvalue weighted by molar-refractivity contribution is -0.120. The van der Waals surface area contributed by atoms with Gasteiger partial charge in [-0.25, -0.2) is 0 Å². The van der Waals surface area contributed by atoms with E-state index < -0.39 is 11.9 Å². The molecule has 0 spiro atoms. The van der Waals surface area contributed by atoms with Crippen molar-refractivity contribution in [1.82, 2.24) is 0 Å². The van der Waals surface area contributed by atoms with Crippen LogP contribution in [-0.2, 0) is 9.53 Å². The minimum Gasteiger partial charge on any atom is -0.379 e. The highest BCUT2D eigenvalue weighted by atomic mass is 16.5. The number of amides is 1. The van der Waals surface area contributed by atoms with Gasteiger partial charge >= 0.3 is 0 Å². The average molecular weight is 172 g/mol. The monoisotopic (exact) mass is 172 g/mol. The fourth-order valence-corrected chi connectivity index (χ4v) is 0.539. The number of hydrogen-bond acceptors (Lipinski definition) is 3. The van der Waals surface area contributed by atoms with Crippen molar-refractivity contribution in [2.75, 3.05) is 13.2 Å². The number of carbonyl (C=O) groups is 1. The Morgan fingerprint density at radius 1 is 1.67 bits per heavy atom. The Labute approximate surface area is 72.6 Å². The largest absolute Gasteiger partial charge is 0.379 e. The first-order chi connectivity index (χ1) is 5.54. The fourth-order valence-electron chi connectivity index (χ4n) is 0.539. The minimum atomic E-state index is -0.699. The lowest BCUT2D eigenvalue weighted by Crippen LogP contribution is -2.40. The molecule has 1 amide bonds. The van der Waals surface area contributed by atoms with Crippen molar-refractivity contribution in [2.24, 2.45) is 11.5 Å². The van der Waals surface area contributed by atoms with Gasteiger partial charge < -0.3 is 16.2 Å². The summed E-state index contributed by atoms with van der Waals surface area (Å²) in [7, 11) is 0. The Hall–Kier alpha value is -0.870. The molecule has 0 aromatic heterocycles. The third kappa shape index (κ3) is 5.88. The highest BCUT2D eigenvalue weighted by Gasteiger charge is 2.07. The number of primary amides is 1. The maximum Gasteiger partial charge on any atom is 0.236 e. The van der Waals surface area contributed by atoms with Crippen molar-refractivity contribution >= 4 is 5.91 Å². The van der Waals surface area contributed by atoms with Gasteiger partial charge in [0.2, 0.25) is 5.91 Å². The smallest absolute Gasteiger partial charge is 0.236 e. The predicted molar refractivity (Wildman–Crippen MR) is 47.4 cm³/mol. The Balaban J connectivity index is 3.31. The molecule has 0 aromatic rings. The van der Waals surface area contributed by atoms with Gasteiger partial charge in [0.15, 0.2) is 0 Å². The number of hydrogen-bond donors (Lipinski definition) is 2.